The van der Waals surface area contributed by atoms with Crippen molar-refractivity contribution in [1.29, 1.82) is 0 Å². The van der Waals surface area contributed by atoms with Crippen molar-refractivity contribution in [2.45, 2.75) is 69.7 Å². The molecule has 0 unspecified atom stereocenters. The molecule has 2 heterocycles. The van der Waals surface area contributed by atoms with Crippen molar-refractivity contribution in [2.24, 2.45) is 5.92 Å². The lowest BCUT2D eigenvalue weighted by molar-refractivity contribution is -0.192. The van der Waals surface area contributed by atoms with Crippen LogP contribution >= 0.6 is 0 Å². The van der Waals surface area contributed by atoms with Crippen molar-refractivity contribution in [3.8, 4) is 0 Å². The standard InChI is InChI=1S/C35H42FNO4Si/c1-26(25-41-42(33(2,3)4,28-11-7-5-8-12-28)29-13-9-6-10-14-29)24-37-32(38)30-23-27(36)15-16-31(30)34(37)17-19-35(20-18-34)39-21-22-40-35/h5-16,23,26H,17-22,24-25H2,1-4H3/t26-/m1/s1. The fourth-order valence-corrected chi connectivity index (χ4v) is 12.3. The van der Waals surface area contributed by atoms with Crippen LogP contribution in [0.2, 0.25) is 5.04 Å². The highest BCUT2D eigenvalue weighted by Crippen LogP contribution is 2.53. The van der Waals surface area contributed by atoms with Gasteiger partial charge in [0.25, 0.3) is 14.2 Å². The van der Waals surface area contributed by atoms with Gasteiger partial charge in [-0.05, 0) is 51.9 Å². The molecule has 2 fully saturated rings. The summed E-state index contributed by atoms with van der Waals surface area (Å²) in [6, 6.07) is 26.0. The Hall–Kier alpha value is -2.84. The monoisotopic (exact) mass is 587 g/mol. The van der Waals surface area contributed by atoms with E-state index in [1.54, 1.807) is 0 Å². The molecular weight excluding hydrogens is 545 g/mol. The van der Waals surface area contributed by atoms with Crippen LogP contribution in [0.3, 0.4) is 0 Å². The summed E-state index contributed by atoms with van der Waals surface area (Å²) in [6.45, 7) is 11.2. The molecule has 1 amide bonds. The van der Waals surface area contributed by atoms with Gasteiger partial charge in [0, 0.05) is 31.6 Å². The average molecular weight is 588 g/mol. The second-order valence-electron chi connectivity index (χ2n) is 13.3. The van der Waals surface area contributed by atoms with Gasteiger partial charge < -0.3 is 18.8 Å². The Morgan fingerprint density at radius 1 is 0.905 bits per heavy atom. The molecule has 0 bridgehead atoms. The molecule has 3 aromatic carbocycles. The first-order valence-electron chi connectivity index (χ1n) is 15.3. The van der Waals surface area contributed by atoms with Crippen LogP contribution in [0.4, 0.5) is 4.39 Å². The van der Waals surface area contributed by atoms with E-state index in [0.717, 1.165) is 18.4 Å². The molecule has 5 nitrogen and oxygen atoms in total. The average Bonchev–Trinajstić information content (AvgIpc) is 3.52. The highest BCUT2D eigenvalue weighted by atomic mass is 28.4. The van der Waals surface area contributed by atoms with E-state index in [1.807, 2.05) is 23.1 Å². The molecule has 0 N–H and O–H groups in total. The van der Waals surface area contributed by atoms with Gasteiger partial charge in [-0.3, -0.25) is 4.79 Å². The van der Waals surface area contributed by atoms with Gasteiger partial charge in [-0.2, -0.15) is 0 Å². The Bertz CT molecular complexity index is 1370. The lowest BCUT2D eigenvalue weighted by atomic mass is 9.74. The molecule has 1 saturated heterocycles. The molecule has 222 valence electrons. The number of ether oxygens (including phenoxy) is 2. The summed E-state index contributed by atoms with van der Waals surface area (Å²) in [7, 11) is -2.71. The molecule has 0 aromatic heterocycles. The molecule has 7 heteroatoms. The Morgan fingerprint density at radius 2 is 1.48 bits per heavy atom. The summed E-state index contributed by atoms with van der Waals surface area (Å²) < 4.78 is 33.7. The van der Waals surface area contributed by atoms with Crippen molar-refractivity contribution >= 4 is 24.6 Å². The number of nitrogens with zero attached hydrogens (tertiary/aromatic N) is 1. The summed E-state index contributed by atoms with van der Waals surface area (Å²) in [5.41, 5.74) is 0.924. The third kappa shape index (κ3) is 4.84. The molecule has 3 aliphatic rings. The normalized spacial score (nSPS) is 20.3. The first kappa shape index (κ1) is 29.2. The van der Waals surface area contributed by atoms with Gasteiger partial charge in [0.05, 0.1) is 18.8 Å². The van der Waals surface area contributed by atoms with Gasteiger partial charge in [0.2, 0.25) is 0 Å². The number of hydrogen-bond acceptors (Lipinski definition) is 4. The number of halogens is 1. The zero-order valence-electron chi connectivity index (χ0n) is 25.2. The van der Waals surface area contributed by atoms with Gasteiger partial charge in [-0.25, -0.2) is 4.39 Å². The number of rotatable bonds is 7. The van der Waals surface area contributed by atoms with Crippen LogP contribution in [0.5, 0.6) is 0 Å². The van der Waals surface area contributed by atoms with Gasteiger partial charge in [-0.15, -0.1) is 0 Å². The molecular formula is C35H42FNO4Si. The van der Waals surface area contributed by atoms with E-state index < -0.39 is 19.6 Å². The van der Waals surface area contributed by atoms with Crippen LogP contribution in [0.25, 0.3) is 0 Å². The SMILES string of the molecule is C[C@@H](CO[Si](c1ccccc1)(c1ccccc1)C(C)(C)C)CN1C(=O)c2cc(F)ccc2C12CCC1(CC2)OCCO1. The molecule has 3 aromatic rings. The van der Waals surface area contributed by atoms with E-state index in [0.29, 0.717) is 44.8 Å². The van der Waals surface area contributed by atoms with Gasteiger partial charge in [0.15, 0.2) is 5.79 Å². The predicted molar refractivity (Wildman–Crippen MR) is 165 cm³/mol. The summed E-state index contributed by atoms with van der Waals surface area (Å²) in [6.07, 6.45) is 2.86. The lowest BCUT2D eigenvalue weighted by Crippen LogP contribution is -2.67. The Balaban J connectivity index is 1.29. The summed E-state index contributed by atoms with van der Waals surface area (Å²) in [4.78, 5) is 16.0. The van der Waals surface area contributed by atoms with Crippen LogP contribution in [-0.4, -0.2) is 51.3 Å². The Labute approximate surface area is 250 Å². The number of benzene rings is 3. The smallest absolute Gasteiger partial charge is 0.261 e. The summed E-state index contributed by atoms with van der Waals surface area (Å²) in [5, 5.41) is 2.34. The van der Waals surface area contributed by atoms with E-state index in [1.165, 1.54) is 22.5 Å². The topological polar surface area (TPSA) is 48.0 Å². The van der Waals surface area contributed by atoms with Crippen LogP contribution in [0.1, 0.15) is 69.3 Å². The number of hydrogen-bond donors (Lipinski definition) is 0. The van der Waals surface area contributed by atoms with Crippen molar-refractivity contribution in [3.05, 3.63) is 95.8 Å². The molecule has 2 aliphatic heterocycles. The molecule has 2 spiro atoms. The minimum absolute atomic E-state index is 0.0569. The predicted octanol–water partition coefficient (Wildman–Crippen LogP) is 6.01. The third-order valence-corrected chi connectivity index (χ3v) is 14.6. The molecule has 42 heavy (non-hydrogen) atoms. The van der Waals surface area contributed by atoms with E-state index in [2.05, 4.69) is 76.2 Å². The first-order valence-corrected chi connectivity index (χ1v) is 17.2. The molecule has 1 aliphatic carbocycles. The molecule has 0 radical (unpaired) electrons. The van der Waals surface area contributed by atoms with Crippen molar-refractivity contribution < 1.29 is 23.1 Å². The number of carbonyl (C=O) groups excluding carboxylic acids is 1. The van der Waals surface area contributed by atoms with Crippen LogP contribution in [0, 0.1) is 11.7 Å². The quantitative estimate of drug-likeness (QED) is 0.318. The van der Waals surface area contributed by atoms with Crippen molar-refractivity contribution in [3.63, 3.8) is 0 Å². The van der Waals surface area contributed by atoms with E-state index in [4.69, 9.17) is 13.9 Å². The first-order chi connectivity index (χ1) is 20.1. The second kappa shape index (κ2) is 11.0. The largest absolute Gasteiger partial charge is 0.407 e. The van der Waals surface area contributed by atoms with E-state index >= 15 is 0 Å². The van der Waals surface area contributed by atoms with E-state index in [-0.39, 0.29) is 22.7 Å². The van der Waals surface area contributed by atoms with Gasteiger partial charge >= 0.3 is 0 Å². The van der Waals surface area contributed by atoms with Gasteiger partial charge in [0.1, 0.15) is 5.82 Å². The highest BCUT2D eigenvalue weighted by Gasteiger charge is 2.56. The minimum Gasteiger partial charge on any atom is -0.407 e. The Kier molecular flexibility index (Phi) is 7.67. The zero-order chi connectivity index (χ0) is 29.6. The number of carbonyl (C=O) groups is 1. The van der Waals surface area contributed by atoms with Crippen molar-refractivity contribution in [1.82, 2.24) is 4.90 Å². The van der Waals surface area contributed by atoms with Gasteiger partial charge in [-0.1, -0.05) is 94.4 Å². The number of fused-ring (bicyclic) bond motifs is 2. The maximum absolute atomic E-state index is 14.4. The maximum atomic E-state index is 14.4. The molecule has 1 atom stereocenters. The summed E-state index contributed by atoms with van der Waals surface area (Å²) in [5.74, 6) is -0.967. The Morgan fingerprint density at radius 3 is 2.02 bits per heavy atom. The molecule has 1 saturated carbocycles. The van der Waals surface area contributed by atoms with E-state index in [9.17, 15) is 9.18 Å². The second-order valence-corrected chi connectivity index (χ2v) is 17.6. The lowest BCUT2D eigenvalue weighted by Gasteiger charge is -2.48. The van der Waals surface area contributed by atoms with Crippen LogP contribution < -0.4 is 10.4 Å². The van der Waals surface area contributed by atoms with Crippen molar-refractivity contribution in [2.75, 3.05) is 26.4 Å². The molecule has 6 rings (SSSR count). The van der Waals surface area contributed by atoms with Crippen LogP contribution in [0.15, 0.2) is 78.9 Å². The highest BCUT2D eigenvalue weighted by molar-refractivity contribution is 6.99. The zero-order valence-corrected chi connectivity index (χ0v) is 26.2. The number of amides is 1. The van der Waals surface area contributed by atoms with Crippen LogP contribution in [-0.2, 0) is 19.4 Å². The maximum Gasteiger partial charge on any atom is 0.261 e. The fourth-order valence-electron chi connectivity index (χ4n) is 7.60. The fraction of sp³-hybridized carbons (Fsp3) is 0.457. The third-order valence-electron chi connectivity index (χ3n) is 9.62. The minimum atomic E-state index is -2.71. The summed E-state index contributed by atoms with van der Waals surface area (Å²) >= 11 is 0.